The first-order valence-electron chi connectivity index (χ1n) is 11.0. The van der Waals surface area contributed by atoms with Gasteiger partial charge in [0, 0.05) is 6.54 Å². The summed E-state index contributed by atoms with van der Waals surface area (Å²) in [5.74, 6) is 0.882. The Morgan fingerprint density at radius 1 is 1.09 bits per heavy atom. The van der Waals surface area contributed by atoms with E-state index in [9.17, 15) is 4.79 Å². The molecule has 7 heteroatoms. The lowest BCUT2D eigenvalue weighted by molar-refractivity contribution is -0.139. The summed E-state index contributed by atoms with van der Waals surface area (Å²) in [4.78, 5) is 13.2. The van der Waals surface area contributed by atoms with E-state index in [0.29, 0.717) is 6.61 Å². The van der Waals surface area contributed by atoms with Gasteiger partial charge in [0.05, 0.1) is 20.1 Å². The summed E-state index contributed by atoms with van der Waals surface area (Å²) in [6.07, 6.45) is 4.02. The Balaban J connectivity index is 0.00000363. The van der Waals surface area contributed by atoms with Crippen LogP contribution in [0.5, 0.6) is 11.5 Å². The van der Waals surface area contributed by atoms with Gasteiger partial charge in [0.1, 0.15) is 24.2 Å². The van der Waals surface area contributed by atoms with E-state index >= 15 is 0 Å². The number of rotatable bonds is 13. The number of carboxylic acids is 1. The molecule has 1 heterocycles. The number of nitrogens with zero attached hydrogens (tertiary/aromatic N) is 1. The lowest BCUT2D eigenvalue weighted by atomic mass is 10.0. The molecule has 0 aromatic heterocycles. The van der Waals surface area contributed by atoms with Crippen molar-refractivity contribution >= 4 is 18.4 Å². The topological polar surface area (TPSA) is 68.2 Å². The summed E-state index contributed by atoms with van der Waals surface area (Å²) in [7, 11) is 1.68. The number of hydrogen-bond acceptors (Lipinski definition) is 5. The second kappa shape index (κ2) is 14.0. The molecule has 0 radical (unpaired) electrons. The highest BCUT2D eigenvalue weighted by Crippen LogP contribution is 2.22. The first-order chi connectivity index (χ1) is 15.1. The Morgan fingerprint density at radius 3 is 2.62 bits per heavy atom. The molecular formula is C25H34ClNO5. The highest BCUT2D eigenvalue weighted by molar-refractivity contribution is 5.85. The molecule has 0 saturated carbocycles. The normalized spacial score (nSPS) is 14.5. The van der Waals surface area contributed by atoms with Crippen LogP contribution in [0, 0.1) is 0 Å². The number of carbonyl (C=O) groups is 1. The van der Waals surface area contributed by atoms with Crippen LogP contribution < -0.4 is 9.47 Å². The van der Waals surface area contributed by atoms with Crippen LogP contribution in [0.1, 0.15) is 30.4 Å². The molecule has 1 aliphatic heterocycles. The number of aryl methyl sites for hydroxylation is 2. The van der Waals surface area contributed by atoms with Gasteiger partial charge in [-0.1, -0.05) is 30.3 Å². The number of halogens is 1. The van der Waals surface area contributed by atoms with Crippen molar-refractivity contribution in [3.05, 3.63) is 59.7 Å². The standard InChI is InChI=1S/C25H33NO5.ClH/c1-29-22-9-6-7-20(17-22)11-12-21-8-2-3-10-24(21)31-19-23(30-16-13-25(27)28)18-26-14-4-5-15-26;/h2-3,6-10,17,23H,4-5,11-16,18-19H2,1H3,(H,27,28);1H. The largest absolute Gasteiger partial charge is 0.497 e. The van der Waals surface area contributed by atoms with Crippen molar-refractivity contribution in [2.75, 3.05) is 40.0 Å². The maximum Gasteiger partial charge on any atom is 0.305 e. The molecule has 2 aromatic rings. The third-order valence-electron chi connectivity index (χ3n) is 5.54. The van der Waals surface area contributed by atoms with E-state index in [2.05, 4.69) is 23.1 Å². The smallest absolute Gasteiger partial charge is 0.305 e. The Bertz CT molecular complexity index is 825. The first kappa shape index (κ1) is 26.0. The molecule has 176 valence electrons. The van der Waals surface area contributed by atoms with Gasteiger partial charge in [-0.05, 0) is 68.1 Å². The summed E-state index contributed by atoms with van der Waals surface area (Å²) in [6.45, 7) is 3.51. The predicted octanol–water partition coefficient (Wildman–Crippen LogP) is 4.24. The molecule has 2 aromatic carbocycles. The quantitative estimate of drug-likeness (QED) is 0.479. The van der Waals surface area contributed by atoms with E-state index in [4.69, 9.17) is 19.3 Å². The van der Waals surface area contributed by atoms with Crippen molar-refractivity contribution in [1.82, 2.24) is 4.90 Å². The van der Waals surface area contributed by atoms with Gasteiger partial charge in [-0.3, -0.25) is 4.79 Å². The molecule has 0 bridgehead atoms. The molecular weight excluding hydrogens is 430 g/mol. The van der Waals surface area contributed by atoms with E-state index in [-0.39, 0.29) is 31.5 Å². The monoisotopic (exact) mass is 463 g/mol. The van der Waals surface area contributed by atoms with E-state index < -0.39 is 5.97 Å². The number of likely N-dealkylation sites (tertiary alicyclic amines) is 1. The third kappa shape index (κ3) is 8.69. The van der Waals surface area contributed by atoms with Crippen LogP contribution >= 0.6 is 12.4 Å². The summed E-state index contributed by atoms with van der Waals surface area (Å²) < 4.78 is 17.4. The number of para-hydroxylation sites is 1. The van der Waals surface area contributed by atoms with Crippen molar-refractivity contribution in [3.8, 4) is 11.5 Å². The van der Waals surface area contributed by atoms with E-state index in [1.54, 1.807) is 7.11 Å². The van der Waals surface area contributed by atoms with Gasteiger partial charge in [0.15, 0.2) is 0 Å². The number of carboxylic acid groups (broad SMARTS) is 1. The molecule has 3 rings (SSSR count). The summed E-state index contributed by atoms with van der Waals surface area (Å²) in [5, 5.41) is 8.91. The predicted molar refractivity (Wildman–Crippen MR) is 127 cm³/mol. The highest BCUT2D eigenvalue weighted by atomic mass is 35.5. The third-order valence-corrected chi connectivity index (χ3v) is 5.54. The fourth-order valence-electron chi connectivity index (χ4n) is 3.86. The van der Waals surface area contributed by atoms with E-state index in [1.807, 2.05) is 30.3 Å². The zero-order chi connectivity index (χ0) is 21.9. The van der Waals surface area contributed by atoms with Crippen molar-refractivity contribution in [2.45, 2.75) is 38.2 Å². The second-order valence-electron chi connectivity index (χ2n) is 7.91. The average Bonchev–Trinajstić information content (AvgIpc) is 3.29. The first-order valence-corrected chi connectivity index (χ1v) is 11.0. The molecule has 1 N–H and O–H groups in total. The van der Waals surface area contributed by atoms with Gasteiger partial charge in [-0.15, -0.1) is 12.4 Å². The van der Waals surface area contributed by atoms with Crippen molar-refractivity contribution in [2.24, 2.45) is 0 Å². The number of hydrogen-bond donors (Lipinski definition) is 1. The number of aliphatic carboxylic acids is 1. The Kier molecular flexibility index (Phi) is 11.4. The molecule has 0 amide bonds. The van der Waals surface area contributed by atoms with Gasteiger partial charge < -0.3 is 24.2 Å². The zero-order valence-corrected chi connectivity index (χ0v) is 19.5. The molecule has 1 fully saturated rings. The SMILES string of the molecule is COc1cccc(CCc2ccccc2OCC(CN2CCCC2)OCCC(=O)O)c1.Cl. The fourth-order valence-corrected chi connectivity index (χ4v) is 3.86. The minimum Gasteiger partial charge on any atom is -0.497 e. The number of benzene rings is 2. The van der Waals surface area contributed by atoms with Crippen molar-refractivity contribution in [3.63, 3.8) is 0 Å². The van der Waals surface area contributed by atoms with Crippen LogP contribution in [0.15, 0.2) is 48.5 Å². The molecule has 0 spiro atoms. The Hall–Kier alpha value is -2.28. The maximum atomic E-state index is 10.8. The van der Waals surface area contributed by atoms with Gasteiger partial charge in [-0.25, -0.2) is 0 Å². The lowest BCUT2D eigenvalue weighted by Crippen LogP contribution is -2.36. The zero-order valence-electron chi connectivity index (χ0n) is 18.7. The molecule has 1 atom stereocenters. The Morgan fingerprint density at radius 2 is 1.88 bits per heavy atom. The number of ether oxygens (including phenoxy) is 3. The van der Waals surface area contributed by atoms with Gasteiger partial charge in [0.2, 0.25) is 0 Å². The van der Waals surface area contributed by atoms with E-state index in [1.165, 1.54) is 18.4 Å². The molecule has 32 heavy (non-hydrogen) atoms. The molecule has 1 aliphatic rings. The number of methoxy groups -OCH3 is 1. The molecule has 0 aliphatic carbocycles. The van der Waals surface area contributed by atoms with Crippen LogP contribution in [0.2, 0.25) is 0 Å². The maximum absolute atomic E-state index is 10.8. The summed E-state index contributed by atoms with van der Waals surface area (Å²) in [5.41, 5.74) is 2.37. The van der Waals surface area contributed by atoms with Crippen LogP contribution in [-0.2, 0) is 22.4 Å². The lowest BCUT2D eigenvalue weighted by Gasteiger charge is -2.24. The molecule has 1 saturated heterocycles. The molecule has 1 unspecified atom stereocenters. The molecule has 6 nitrogen and oxygen atoms in total. The highest BCUT2D eigenvalue weighted by Gasteiger charge is 2.19. The second-order valence-corrected chi connectivity index (χ2v) is 7.91. The minimum atomic E-state index is -0.844. The van der Waals surface area contributed by atoms with Crippen LogP contribution in [0.4, 0.5) is 0 Å². The van der Waals surface area contributed by atoms with Crippen LogP contribution in [0.3, 0.4) is 0 Å². The summed E-state index contributed by atoms with van der Waals surface area (Å²) >= 11 is 0. The van der Waals surface area contributed by atoms with Crippen LogP contribution in [-0.4, -0.2) is 62.0 Å². The van der Waals surface area contributed by atoms with E-state index in [0.717, 1.165) is 49.5 Å². The van der Waals surface area contributed by atoms with Crippen molar-refractivity contribution < 1.29 is 24.1 Å². The summed E-state index contributed by atoms with van der Waals surface area (Å²) in [6, 6.07) is 16.2. The fraction of sp³-hybridized carbons (Fsp3) is 0.480. The van der Waals surface area contributed by atoms with Crippen LogP contribution in [0.25, 0.3) is 0 Å². The minimum absolute atomic E-state index is 0. The van der Waals surface area contributed by atoms with Gasteiger partial charge in [-0.2, -0.15) is 0 Å². The van der Waals surface area contributed by atoms with Gasteiger partial charge >= 0.3 is 5.97 Å². The van der Waals surface area contributed by atoms with Crippen molar-refractivity contribution in [1.29, 1.82) is 0 Å². The Labute approximate surface area is 196 Å². The average molecular weight is 464 g/mol. The van der Waals surface area contributed by atoms with Gasteiger partial charge in [0.25, 0.3) is 0 Å².